The van der Waals surface area contributed by atoms with Crippen LogP contribution < -0.4 is 11.1 Å². The van der Waals surface area contributed by atoms with E-state index < -0.39 is 0 Å². The molecule has 3 N–H and O–H groups in total. The number of rotatable bonds is 6. The van der Waals surface area contributed by atoms with Gasteiger partial charge in [-0.15, -0.1) is 0 Å². The van der Waals surface area contributed by atoms with Crippen molar-refractivity contribution in [3.8, 4) is 0 Å². The lowest BCUT2D eigenvalue weighted by atomic mass is 10.1. The summed E-state index contributed by atoms with van der Waals surface area (Å²) in [5, 5.41) is 3.31. The highest BCUT2D eigenvalue weighted by molar-refractivity contribution is 5.31. The molecule has 0 aliphatic carbocycles. The molecule has 3 heteroatoms. The molecule has 0 radical (unpaired) electrons. The first-order chi connectivity index (χ1) is 6.83. The summed E-state index contributed by atoms with van der Waals surface area (Å²) < 4.78 is 0. The highest BCUT2D eigenvalue weighted by Crippen LogP contribution is 2.06. The number of pyridine rings is 1. The molecule has 0 spiro atoms. The monoisotopic (exact) mass is 193 g/mol. The van der Waals surface area contributed by atoms with Crippen LogP contribution in [0.1, 0.15) is 25.3 Å². The fourth-order valence-corrected chi connectivity index (χ4v) is 1.41. The van der Waals surface area contributed by atoms with E-state index in [0.717, 1.165) is 19.5 Å². The van der Waals surface area contributed by atoms with E-state index in [1.54, 1.807) is 6.20 Å². The van der Waals surface area contributed by atoms with Gasteiger partial charge in [-0.05, 0) is 50.0 Å². The molecule has 0 saturated heterocycles. The zero-order valence-corrected chi connectivity index (χ0v) is 8.79. The number of aromatic nitrogens is 1. The summed E-state index contributed by atoms with van der Waals surface area (Å²) in [6.07, 6.45) is 5.29. The highest BCUT2D eigenvalue weighted by Gasteiger charge is 1.94. The fourth-order valence-electron chi connectivity index (χ4n) is 1.41. The Morgan fingerprint density at radius 2 is 2.29 bits per heavy atom. The average molecular weight is 193 g/mol. The van der Waals surface area contributed by atoms with Gasteiger partial charge in [0.2, 0.25) is 0 Å². The van der Waals surface area contributed by atoms with Gasteiger partial charge < -0.3 is 11.1 Å². The fraction of sp³-hybridized carbons (Fsp3) is 0.545. The largest absolute Gasteiger partial charge is 0.384 e. The van der Waals surface area contributed by atoms with Gasteiger partial charge in [-0.2, -0.15) is 0 Å². The molecular formula is C11H19N3. The Morgan fingerprint density at radius 3 is 3.00 bits per heavy atom. The van der Waals surface area contributed by atoms with Crippen LogP contribution in [0.2, 0.25) is 0 Å². The van der Waals surface area contributed by atoms with Crippen LogP contribution in [0.15, 0.2) is 18.3 Å². The lowest BCUT2D eigenvalue weighted by Gasteiger charge is -2.02. The quantitative estimate of drug-likeness (QED) is 0.675. The molecule has 0 aliphatic rings. The van der Waals surface area contributed by atoms with E-state index in [9.17, 15) is 0 Å². The molecule has 0 amide bonds. The van der Waals surface area contributed by atoms with E-state index in [1.165, 1.54) is 18.4 Å². The van der Waals surface area contributed by atoms with Crippen LogP contribution in [0.4, 0.5) is 5.82 Å². The van der Waals surface area contributed by atoms with E-state index in [2.05, 4.69) is 17.2 Å². The zero-order chi connectivity index (χ0) is 10.2. The predicted molar refractivity (Wildman–Crippen MR) is 60.1 cm³/mol. The summed E-state index contributed by atoms with van der Waals surface area (Å²) in [6.45, 7) is 4.29. The molecule has 1 aromatic heterocycles. The standard InChI is InChI=1S/C11H19N3/c1-2-13-7-4-3-5-10-6-8-14-11(12)9-10/h6,8-9,13H,2-5,7H2,1H3,(H2,12,14). The van der Waals surface area contributed by atoms with E-state index in [4.69, 9.17) is 5.73 Å². The molecule has 1 heterocycles. The summed E-state index contributed by atoms with van der Waals surface area (Å²) in [6, 6.07) is 3.98. The summed E-state index contributed by atoms with van der Waals surface area (Å²) in [5.74, 6) is 0.620. The molecule has 1 aromatic rings. The molecule has 0 atom stereocenters. The van der Waals surface area contributed by atoms with Crippen LogP contribution in [0, 0.1) is 0 Å². The Balaban J connectivity index is 2.18. The summed E-state index contributed by atoms with van der Waals surface area (Å²) in [4.78, 5) is 3.96. The van der Waals surface area contributed by atoms with Crippen LogP contribution in [-0.4, -0.2) is 18.1 Å². The van der Waals surface area contributed by atoms with Crippen LogP contribution in [0.5, 0.6) is 0 Å². The lowest BCUT2D eigenvalue weighted by molar-refractivity contribution is 0.641. The van der Waals surface area contributed by atoms with Crippen LogP contribution in [0.25, 0.3) is 0 Å². The van der Waals surface area contributed by atoms with Gasteiger partial charge in [0.25, 0.3) is 0 Å². The molecule has 0 aromatic carbocycles. The smallest absolute Gasteiger partial charge is 0.123 e. The first-order valence-electron chi connectivity index (χ1n) is 5.24. The van der Waals surface area contributed by atoms with Crippen molar-refractivity contribution in [3.05, 3.63) is 23.9 Å². The zero-order valence-electron chi connectivity index (χ0n) is 8.79. The highest BCUT2D eigenvalue weighted by atomic mass is 14.8. The SMILES string of the molecule is CCNCCCCc1ccnc(N)c1. The number of hydrogen-bond donors (Lipinski definition) is 2. The van der Waals surface area contributed by atoms with E-state index in [1.807, 2.05) is 12.1 Å². The second-order valence-corrected chi connectivity index (χ2v) is 3.40. The number of aryl methyl sites for hydroxylation is 1. The molecule has 14 heavy (non-hydrogen) atoms. The maximum absolute atomic E-state index is 5.59. The van der Waals surface area contributed by atoms with Gasteiger partial charge in [0.05, 0.1) is 0 Å². The number of unbranched alkanes of at least 4 members (excludes halogenated alkanes) is 1. The first-order valence-corrected chi connectivity index (χ1v) is 5.24. The van der Waals surface area contributed by atoms with Crippen molar-refractivity contribution in [1.82, 2.24) is 10.3 Å². The number of anilines is 1. The minimum Gasteiger partial charge on any atom is -0.384 e. The third-order valence-electron chi connectivity index (χ3n) is 2.16. The second-order valence-electron chi connectivity index (χ2n) is 3.40. The normalized spacial score (nSPS) is 10.4. The Morgan fingerprint density at radius 1 is 1.43 bits per heavy atom. The Bertz CT molecular complexity index is 260. The third kappa shape index (κ3) is 4.23. The van der Waals surface area contributed by atoms with Gasteiger partial charge in [0.1, 0.15) is 5.82 Å². The molecule has 3 nitrogen and oxygen atoms in total. The number of nitrogens with two attached hydrogens (primary N) is 1. The van der Waals surface area contributed by atoms with Crippen molar-refractivity contribution in [2.75, 3.05) is 18.8 Å². The van der Waals surface area contributed by atoms with Crippen molar-refractivity contribution in [2.24, 2.45) is 0 Å². The number of nitrogen functional groups attached to an aromatic ring is 1. The van der Waals surface area contributed by atoms with Crippen LogP contribution in [-0.2, 0) is 6.42 Å². The molecule has 0 unspecified atom stereocenters. The second kappa shape index (κ2) is 6.38. The van der Waals surface area contributed by atoms with Crippen molar-refractivity contribution < 1.29 is 0 Å². The molecule has 0 aliphatic heterocycles. The van der Waals surface area contributed by atoms with Crippen molar-refractivity contribution in [3.63, 3.8) is 0 Å². The van der Waals surface area contributed by atoms with Gasteiger partial charge in [-0.1, -0.05) is 6.92 Å². The molecular weight excluding hydrogens is 174 g/mol. The average Bonchev–Trinajstić information content (AvgIpc) is 2.18. The maximum atomic E-state index is 5.59. The van der Waals surface area contributed by atoms with Crippen molar-refractivity contribution in [1.29, 1.82) is 0 Å². The summed E-state index contributed by atoms with van der Waals surface area (Å²) in [5.41, 5.74) is 6.87. The predicted octanol–water partition coefficient (Wildman–Crippen LogP) is 1.60. The maximum Gasteiger partial charge on any atom is 0.123 e. The third-order valence-corrected chi connectivity index (χ3v) is 2.16. The van der Waals surface area contributed by atoms with Gasteiger partial charge in [0, 0.05) is 6.20 Å². The van der Waals surface area contributed by atoms with E-state index in [-0.39, 0.29) is 0 Å². The molecule has 1 rings (SSSR count). The van der Waals surface area contributed by atoms with Crippen molar-refractivity contribution >= 4 is 5.82 Å². The minimum absolute atomic E-state index is 0.620. The van der Waals surface area contributed by atoms with Crippen molar-refractivity contribution in [2.45, 2.75) is 26.2 Å². The number of nitrogens with zero attached hydrogens (tertiary/aromatic N) is 1. The Kier molecular flexibility index (Phi) is 5.00. The van der Waals surface area contributed by atoms with E-state index >= 15 is 0 Å². The van der Waals surface area contributed by atoms with Crippen LogP contribution in [0.3, 0.4) is 0 Å². The number of nitrogens with one attached hydrogen (secondary N) is 1. The summed E-state index contributed by atoms with van der Waals surface area (Å²) >= 11 is 0. The topological polar surface area (TPSA) is 50.9 Å². The molecule has 0 bridgehead atoms. The van der Waals surface area contributed by atoms with Gasteiger partial charge in [-0.25, -0.2) is 4.98 Å². The molecule has 0 saturated carbocycles. The van der Waals surface area contributed by atoms with Gasteiger partial charge >= 0.3 is 0 Å². The Labute approximate surface area is 85.7 Å². The number of hydrogen-bond acceptors (Lipinski definition) is 3. The van der Waals surface area contributed by atoms with Gasteiger partial charge in [-0.3, -0.25) is 0 Å². The first kappa shape index (κ1) is 11.0. The van der Waals surface area contributed by atoms with Gasteiger partial charge in [0.15, 0.2) is 0 Å². The Hall–Kier alpha value is -1.09. The van der Waals surface area contributed by atoms with E-state index in [0.29, 0.717) is 5.82 Å². The lowest BCUT2D eigenvalue weighted by Crippen LogP contribution is -2.13. The molecule has 0 fully saturated rings. The summed E-state index contributed by atoms with van der Waals surface area (Å²) in [7, 11) is 0. The molecule has 78 valence electrons. The van der Waals surface area contributed by atoms with Crippen LogP contribution >= 0.6 is 0 Å². The minimum atomic E-state index is 0.620.